The first kappa shape index (κ1) is 16.8. The van der Waals surface area contributed by atoms with Gasteiger partial charge in [0.2, 0.25) is 0 Å². The van der Waals surface area contributed by atoms with Gasteiger partial charge in [-0.05, 0) is 31.0 Å². The van der Waals surface area contributed by atoms with Crippen LogP contribution in [-0.4, -0.2) is 21.7 Å². The standard InChI is InChI=1S/C18H22ClN3O2/c19-15-9-5-6-10-17(15)24-13-22-16(11-12-20-22)18(23)21-14-7-3-1-2-4-8-14/h5-6,9-12,14H,1-4,7-8,13H2,(H,21,23). The van der Waals surface area contributed by atoms with Crippen molar-refractivity contribution in [2.24, 2.45) is 0 Å². The molecule has 2 aromatic rings. The van der Waals surface area contributed by atoms with Crippen LogP contribution in [0.3, 0.4) is 0 Å². The molecule has 5 nitrogen and oxygen atoms in total. The van der Waals surface area contributed by atoms with E-state index in [0.29, 0.717) is 16.5 Å². The van der Waals surface area contributed by atoms with E-state index < -0.39 is 0 Å². The molecule has 0 atom stereocenters. The van der Waals surface area contributed by atoms with Crippen LogP contribution in [0.1, 0.15) is 49.0 Å². The molecule has 1 fully saturated rings. The molecule has 0 aliphatic heterocycles. The minimum Gasteiger partial charge on any atom is -0.470 e. The van der Waals surface area contributed by atoms with Crippen molar-refractivity contribution in [2.75, 3.05) is 0 Å². The van der Waals surface area contributed by atoms with Gasteiger partial charge in [0.1, 0.15) is 11.4 Å². The summed E-state index contributed by atoms with van der Waals surface area (Å²) in [6, 6.07) is 9.21. The van der Waals surface area contributed by atoms with Crippen molar-refractivity contribution in [1.29, 1.82) is 0 Å². The number of halogens is 1. The summed E-state index contributed by atoms with van der Waals surface area (Å²) < 4.78 is 7.22. The maximum absolute atomic E-state index is 12.5. The molecular formula is C18H22ClN3O2. The highest BCUT2D eigenvalue weighted by Crippen LogP contribution is 2.23. The molecule has 1 aromatic heterocycles. The lowest BCUT2D eigenvalue weighted by atomic mass is 10.1. The van der Waals surface area contributed by atoms with E-state index in [1.165, 1.54) is 25.7 Å². The van der Waals surface area contributed by atoms with Gasteiger partial charge in [-0.25, -0.2) is 4.68 Å². The highest BCUT2D eigenvalue weighted by atomic mass is 35.5. The van der Waals surface area contributed by atoms with Gasteiger partial charge in [-0.2, -0.15) is 5.10 Å². The second-order valence-corrected chi connectivity index (χ2v) is 6.49. The van der Waals surface area contributed by atoms with E-state index in [1.54, 1.807) is 29.1 Å². The van der Waals surface area contributed by atoms with Crippen LogP contribution < -0.4 is 10.1 Å². The minimum atomic E-state index is -0.0952. The number of amides is 1. The van der Waals surface area contributed by atoms with Crippen LogP contribution in [0.25, 0.3) is 0 Å². The number of hydrogen-bond donors (Lipinski definition) is 1. The van der Waals surface area contributed by atoms with Crippen molar-refractivity contribution in [2.45, 2.75) is 51.3 Å². The fraction of sp³-hybridized carbons (Fsp3) is 0.444. The minimum absolute atomic E-state index is 0.0952. The van der Waals surface area contributed by atoms with Gasteiger partial charge < -0.3 is 10.1 Å². The van der Waals surface area contributed by atoms with Crippen molar-refractivity contribution in [3.05, 3.63) is 47.2 Å². The third-order valence-corrected chi connectivity index (χ3v) is 4.63. The zero-order valence-electron chi connectivity index (χ0n) is 13.6. The quantitative estimate of drug-likeness (QED) is 0.831. The Morgan fingerprint density at radius 3 is 2.71 bits per heavy atom. The summed E-state index contributed by atoms with van der Waals surface area (Å²) in [6.45, 7) is 0.143. The van der Waals surface area contributed by atoms with Crippen LogP contribution in [0.2, 0.25) is 5.02 Å². The smallest absolute Gasteiger partial charge is 0.269 e. The number of carbonyl (C=O) groups excluding carboxylic acids is 1. The fourth-order valence-corrected chi connectivity index (χ4v) is 3.19. The van der Waals surface area contributed by atoms with Gasteiger partial charge in [0.05, 0.1) is 5.02 Å². The molecule has 3 rings (SSSR count). The van der Waals surface area contributed by atoms with Crippen LogP contribution >= 0.6 is 11.6 Å². The SMILES string of the molecule is O=C(NC1CCCCCC1)c1ccnn1COc1ccccc1Cl. The molecule has 1 aliphatic carbocycles. The van der Waals surface area contributed by atoms with Crippen LogP contribution in [0, 0.1) is 0 Å². The highest BCUT2D eigenvalue weighted by molar-refractivity contribution is 6.32. The van der Waals surface area contributed by atoms with Crippen molar-refractivity contribution in [1.82, 2.24) is 15.1 Å². The van der Waals surface area contributed by atoms with Crippen molar-refractivity contribution in [3.8, 4) is 5.75 Å². The van der Waals surface area contributed by atoms with Crippen molar-refractivity contribution < 1.29 is 9.53 Å². The molecule has 128 valence electrons. The third-order valence-electron chi connectivity index (χ3n) is 4.32. The van der Waals surface area contributed by atoms with Crippen LogP contribution in [0.4, 0.5) is 0 Å². The Balaban J connectivity index is 1.61. The van der Waals surface area contributed by atoms with E-state index in [1.807, 2.05) is 12.1 Å². The number of hydrogen-bond acceptors (Lipinski definition) is 3. The molecular weight excluding hydrogens is 326 g/mol. The lowest BCUT2D eigenvalue weighted by Gasteiger charge is -2.17. The Morgan fingerprint density at radius 2 is 1.96 bits per heavy atom. The second kappa shape index (κ2) is 8.20. The number of benzene rings is 1. The Kier molecular flexibility index (Phi) is 5.75. The van der Waals surface area contributed by atoms with Crippen molar-refractivity contribution >= 4 is 17.5 Å². The van der Waals surface area contributed by atoms with Crippen molar-refractivity contribution in [3.63, 3.8) is 0 Å². The first-order chi connectivity index (χ1) is 11.7. The first-order valence-corrected chi connectivity index (χ1v) is 8.82. The lowest BCUT2D eigenvalue weighted by Crippen LogP contribution is -2.36. The van der Waals surface area contributed by atoms with Gasteiger partial charge >= 0.3 is 0 Å². The molecule has 1 saturated carbocycles. The zero-order chi connectivity index (χ0) is 16.8. The molecule has 6 heteroatoms. The van der Waals surface area contributed by atoms with E-state index in [-0.39, 0.29) is 18.7 Å². The fourth-order valence-electron chi connectivity index (χ4n) is 3.00. The molecule has 24 heavy (non-hydrogen) atoms. The van der Waals surface area contributed by atoms with Gasteiger partial charge in [0, 0.05) is 12.2 Å². The maximum atomic E-state index is 12.5. The molecule has 1 heterocycles. The number of rotatable bonds is 5. The number of nitrogens with zero attached hydrogens (tertiary/aromatic N) is 2. The normalized spacial score (nSPS) is 15.7. The van der Waals surface area contributed by atoms with Crippen LogP contribution in [0.15, 0.2) is 36.5 Å². The number of aromatic nitrogens is 2. The molecule has 0 bridgehead atoms. The predicted octanol–water partition coefficient (Wildman–Crippen LogP) is 4.03. The highest BCUT2D eigenvalue weighted by Gasteiger charge is 2.18. The number of para-hydroxylation sites is 1. The Morgan fingerprint density at radius 1 is 1.21 bits per heavy atom. The zero-order valence-corrected chi connectivity index (χ0v) is 14.3. The van der Waals surface area contributed by atoms with Gasteiger partial charge in [-0.3, -0.25) is 4.79 Å². The van der Waals surface area contributed by atoms with E-state index in [9.17, 15) is 4.79 Å². The van der Waals surface area contributed by atoms with Gasteiger partial charge in [-0.1, -0.05) is 49.4 Å². The molecule has 0 saturated heterocycles. The summed E-state index contributed by atoms with van der Waals surface area (Å²) in [5.41, 5.74) is 0.506. The molecule has 0 unspecified atom stereocenters. The molecule has 1 amide bonds. The number of ether oxygens (including phenoxy) is 1. The van der Waals surface area contributed by atoms with Crippen LogP contribution in [0.5, 0.6) is 5.75 Å². The van der Waals surface area contributed by atoms with Gasteiger partial charge in [0.25, 0.3) is 5.91 Å². The van der Waals surface area contributed by atoms with Gasteiger partial charge in [-0.15, -0.1) is 0 Å². The van der Waals surface area contributed by atoms with E-state index in [4.69, 9.17) is 16.3 Å². The summed E-state index contributed by atoms with van der Waals surface area (Å²) in [6.07, 6.45) is 8.59. The average molecular weight is 348 g/mol. The predicted molar refractivity (Wildman–Crippen MR) is 93.3 cm³/mol. The van der Waals surface area contributed by atoms with E-state index >= 15 is 0 Å². The maximum Gasteiger partial charge on any atom is 0.269 e. The lowest BCUT2D eigenvalue weighted by molar-refractivity contribution is 0.0912. The molecule has 0 radical (unpaired) electrons. The topological polar surface area (TPSA) is 56.2 Å². The van der Waals surface area contributed by atoms with E-state index in [2.05, 4.69) is 10.4 Å². The number of carbonyl (C=O) groups is 1. The summed E-state index contributed by atoms with van der Waals surface area (Å²) in [5.74, 6) is 0.479. The molecule has 1 aromatic carbocycles. The Bertz CT molecular complexity index is 678. The summed E-state index contributed by atoms with van der Waals surface area (Å²) in [7, 11) is 0. The first-order valence-electron chi connectivity index (χ1n) is 8.44. The average Bonchev–Trinajstić information content (AvgIpc) is 2.91. The van der Waals surface area contributed by atoms with Gasteiger partial charge in [0.15, 0.2) is 6.73 Å². The molecule has 1 aliphatic rings. The monoisotopic (exact) mass is 347 g/mol. The third kappa shape index (κ3) is 4.29. The Hall–Kier alpha value is -2.01. The van der Waals surface area contributed by atoms with Crippen LogP contribution in [-0.2, 0) is 6.73 Å². The second-order valence-electron chi connectivity index (χ2n) is 6.08. The summed E-state index contributed by atoms with van der Waals surface area (Å²) in [5, 5.41) is 7.85. The molecule has 0 spiro atoms. The number of nitrogens with one attached hydrogen (secondary N) is 1. The molecule has 1 N–H and O–H groups in total. The summed E-state index contributed by atoms with van der Waals surface area (Å²) >= 11 is 6.08. The largest absolute Gasteiger partial charge is 0.470 e. The van der Waals surface area contributed by atoms with E-state index in [0.717, 1.165) is 12.8 Å². The Labute approximate surface area is 147 Å². The summed E-state index contributed by atoms with van der Waals surface area (Å²) in [4.78, 5) is 12.5.